The summed E-state index contributed by atoms with van der Waals surface area (Å²) in [6.07, 6.45) is 9.52. The smallest absolute Gasteiger partial charge is 0.410 e. The number of aliphatic hydroxyl groups is 2. The molecule has 344 valence electrons. The van der Waals surface area contributed by atoms with E-state index in [9.17, 15) is 29.5 Å². The molecule has 4 aromatic carbocycles. The lowest BCUT2D eigenvalue weighted by molar-refractivity contribution is -0.384. The molecule has 0 saturated heterocycles. The van der Waals surface area contributed by atoms with Crippen molar-refractivity contribution in [2.24, 2.45) is 22.9 Å². The molecule has 1 saturated carbocycles. The summed E-state index contributed by atoms with van der Waals surface area (Å²) in [7, 11) is 1.30. The van der Waals surface area contributed by atoms with Crippen molar-refractivity contribution in [3.63, 3.8) is 0 Å². The average Bonchev–Trinajstić information content (AvgIpc) is 3.32. The molecule has 1 heterocycles. The molecular weight excluding hydrogens is 854 g/mol. The number of allylic oxidation sites excluding steroid dienone is 1. The predicted molar refractivity (Wildman–Crippen MR) is 245 cm³/mol. The van der Waals surface area contributed by atoms with Crippen LogP contribution in [0.1, 0.15) is 67.6 Å². The van der Waals surface area contributed by atoms with Gasteiger partial charge in [0.1, 0.15) is 35.7 Å². The Kier molecular flexibility index (Phi) is 16.0. The van der Waals surface area contributed by atoms with Gasteiger partial charge in [0.05, 0.1) is 30.3 Å². The number of carbonyl (C=O) groups excluding carboxylic acids is 1. The first-order valence-corrected chi connectivity index (χ1v) is 23.2. The van der Waals surface area contributed by atoms with Gasteiger partial charge in [0, 0.05) is 54.7 Å². The van der Waals surface area contributed by atoms with Crippen LogP contribution in [0.15, 0.2) is 125 Å². The van der Waals surface area contributed by atoms with Crippen molar-refractivity contribution >= 4 is 29.3 Å². The van der Waals surface area contributed by atoms with Gasteiger partial charge in [-0.2, -0.15) is 0 Å². The Bertz CT molecular complexity index is 2330. The number of nitro benzene ring substituents is 1. The lowest BCUT2D eigenvalue weighted by Crippen LogP contribution is -2.70. The zero-order valence-electron chi connectivity index (χ0n) is 36.7. The van der Waals surface area contributed by atoms with Gasteiger partial charge in [-0.05, 0) is 127 Å². The van der Waals surface area contributed by atoms with E-state index >= 15 is 0 Å². The lowest BCUT2D eigenvalue weighted by atomic mass is 9.55. The fraction of sp³-hybridized carbons (Fsp3) is 0.400. The standard InChI is InChI=1S/C50H56FN3O10S/c1-4-27-61-50-46(53(49(57)60-2)31-33-11-15-36(51)16-12-33)30-44(52-62-32-34-13-17-37(18-14-34)54(58)59)42-28-35(9-5-7-25-55)41(10-6-8-26-56)47(48(42)50)43-29-39(21-24-45(43)64-50)63-38-19-22-40(65-3)23-20-38/h4,11-24,28-29,35,41,46-48,55-56H,1,5-10,25-27,30-32H2,2-3H3. The lowest BCUT2D eigenvalue weighted by Gasteiger charge is -2.59. The number of halogens is 1. The Balaban J connectivity index is 1.43. The van der Waals surface area contributed by atoms with Crippen LogP contribution in [0.3, 0.4) is 0 Å². The highest BCUT2D eigenvalue weighted by atomic mass is 32.2. The number of fused-ring (bicyclic) bond motifs is 2. The maximum Gasteiger partial charge on any atom is 0.410 e. The van der Waals surface area contributed by atoms with Crippen molar-refractivity contribution in [3.05, 3.63) is 148 Å². The van der Waals surface area contributed by atoms with E-state index in [-0.39, 0.29) is 62.8 Å². The molecule has 7 rings (SSSR count). The van der Waals surface area contributed by atoms with Gasteiger partial charge in [-0.25, -0.2) is 9.18 Å². The zero-order chi connectivity index (χ0) is 45.9. The van der Waals surface area contributed by atoms with E-state index in [1.807, 2.05) is 48.7 Å². The van der Waals surface area contributed by atoms with Crippen LogP contribution in [-0.4, -0.2) is 76.9 Å². The molecule has 3 aliphatic rings. The van der Waals surface area contributed by atoms with Crippen LogP contribution in [0.25, 0.3) is 0 Å². The van der Waals surface area contributed by atoms with Crippen LogP contribution in [-0.2, 0) is 27.5 Å². The maximum atomic E-state index is 14.2. The number of nitro groups is 1. The topological polar surface area (TPSA) is 162 Å². The quantitative estimate of drug-likeness (QED) is 0.0269. The Labute approximate surface area is 383 Å². The number of benzene rings is 4. The molecule has 6 atom stereocenters. The van der Waals surface area contributed by atoms with Gasteiger partial charge >= 0.3 is 6.09 Å². The van der Waals surface area contributed by atoms with Crippen LogP contribution in [0, 0.1) is 33.7 Å². The molecule has 0 aromatic heterocycles. The van der Waals surface area contributed by atoms with Gasteiger partial charge in [-0.3, -0.25) is 15.0 Å². The summed E-state index contributed by atoms with van der Waals surface area (Å²) in [5.41, 5.74) is 3.51. The molecule has 65 heavy (non-hydrogen) atoms. The molecule has 6 unspecified atom stereocenters. The van der Waals surface area contributed by atoms with Crippen molar-refractivity contribution in [1.82, 2.24) is 4.90 Å². The number of nitrogens with zero attached hydrogens (tertiary/aromatic N) is 3. The molecule has 1 amide bonds. The fourth-order valence-corrected chi connectivity index (χ4v) is 10.0. The number of methoxy groups -OCH3 is 1. The third-order valence-corrected chi connectivity index (χ3v) is 13.3. The number of hydrogen-bond acceptors (Lipinski definition) is 12. The molecule has 0 bridgehead atoms. The maximum absolute atomic E-state index is 14.2. The molecule has 2 N–H and O–H groups in total. The predicted octanol–water partition coefficient (Wildman–Crippen LogP) is 10.4. The van der Waals surface area contributed by atoms with E-state index in [2.05, 4.69) is 12.7 Å². The van der Waals surface area contributed by atoms with Crippen molar-refractivity contribution in [1.29, 1.82) is 0 Å². The zero-order valence-corrected chi connectivity index (χ0v) is 37.5. The Morgan fingerprint density at radius 2 is 1.68 bits per heavy atom. The highest BCUT2D eigenvalue weighted by Gasteiger charge is 2.65. The van der Waals surface area contributed by atoms with E-state index < -0.39 is 34.6 Å². The molecular formula is C50H56FN3O10S. The van der Waals surface area contributed by atoms with Gasteiger partial charge < -0.3 is 34.0 Å². The number of thioether (sulfide) groups is 1. The highest BCUT2D eigenvalue weighted by Crippen LogP contribution is 2.62. The number of rotatable bonds is 21. The third-order valence-electron chi connectivity index (χ3n) is 12.5. The largest absolute Gasteiger partial charge is 0.459 e. The van der Waals surface area contributed by atoms with Crippen molar-refractivity contribution in [2.45, 2.75) is 80.7 Å². The van der Waals surface area contributed by atoms with E-state index in [1.54, 1.807) is 47.0 Å². The number of unbranched alkanes of at least 4 members (excludes halogenated alkanes) is 2. The van der Waals surface area contributed by atoms with E-state index in [0.29, 0.717) is 46.9 Å². The molecule has 0 radical (unpaired) electrons. The minimum Gasteiger partial charge on any atom is -0.459 e. The summed E-state index contributed by atoms with van der Waals surface area (Å²) in [6, 6.07) is 24.7. The molecule has 4 aromatic rings. The number of oxime groups is 1. The van der Waals surface area contributed by atoms with Gasteiger partial charge in [-0.15, -0.1) is 18.3 Å². The average molecular weight is 910 g/mol. The van der Waals surface area contributed by atoms with Gasteiger partial charge in [0.25, 0.3) is 5.69 Å². The van der Waals surface area contributed by atoms with Crippen LogP contribution in [0.4, 0.5) is 14.9 Å². The summed E-state index contributed by atoms with van der Waals surface area (Å²) in [6.45, 7) is 4.16. The fourth-order valence-electron chi connectivity index (χ4n) is 9.60. The first kappa shape index (κ1) is 47.2. The second kappa shape index (κ2) is 22.0. The van der Waals surface area contributed by atoms with E-state index in [0.717, 1.165) is 41.7 Å². The van der Waals surface area contributed by atoms with Crippen LogP contribution in [0.2, 0.25) is 0 Å². The van der Waals surface area contributed by atoms with Gasteiger partial charge in [0.2, 0.25) is 5.79 Å². The molecule has 2 aliphatic carbocycles. The minimum absolute atomic E-state index is 0.00358. The summed E-state index contributed by atoms with van der Waals surface area (Å²) in [5, 5.41) is 36.1. The number of non-ortho nitro benzene ring substituents is 1. The van der Waals surface area contributed by atoms with Crippen molar-refractivity contribution < 1.29 is 48.1 Å². The van der Waals surface area contributed by atoms with Crippen LogP contribution >= 0.6 is 11.8 Å². The molecule has 1 fully saturated rings. The highest BCUT2D eigenvalue weighted by molar-refractivity contribution is 7.98. The summed E-state index contributed by atoms with van der Waals surface area (Å²) >= 11 is 1.64. The van der Waals surface area contributed by atoms with Crippen LogP contribution in [0.5, 0.6) is 17.2 Å². The number of ether oxygens (including phenoxy) is 4. The third kappa shape index (κ3) is 10.7. The SMILES string of the molecule is C=CCOC12Oc3ccc(Oc4ccc(SC)cc4)cc3C3C(CCCCO)C(CCCCO)C=C(C(=NOCc4ccc([N+](=O)[O-])cc4)CC1N(Cc1ccc(F)cc1)C(=O)OC)C32. The van der Waals surface area contributed by atoms with Crippen LogP contribution < -0.4 is 9.47 Å². The monoisotopic (exact) mass is 909 g/mol. The number of aliphatic hydroxyl groups excluding tert-OH is 2. The minimum atomic E-state index is -1.56. The molecule has 15 heteroatoms. The summed E-state index contributed by atoms with van der Waals surface area (Å²) in [4.78, 5) is 33.9. The molecule has 13 nitrogen and oxygen atoms in total. The second-order valence-corrected chi connectivity index (χ2v) is 17.4. The van der Waals surface area contributed by atoms with Crippen molar-refractivity contribution in [3.8, 4) is 17.2 Å². The second-order valence-electron chi connectivity index (χ2n) is 16.5. The Morgan fingerprint density at radius 1 is 0.985 bits per heavy atom. The van der Waals surface area contributed by atoms with E-state index in [4.69, 9.17) is 28.9 Å². The number of carbonyl (C=O) groups is 1. The van der Waals surface area contributed by atoms with Gasteiger partial charge in [0.15, 0.2) is 0 Å². The van der Waals surface area contributed by atoms with Crippen molar-refractivity contribution in [2.75, 3.05) is 33.2 Å². The normalized spacial score (nSPS) is 22.4. The number of hydrogen-bond donors (Lipinski definition) is 2. The summed E-state index contributed by atoms with van der Waals surface area (Å²) in [5.74, 6) is -1.16. The van der Waals surface area contributed by atoms with E-state index in [1.165, 1.54) is 31.4 Å². The molecule has 0 spiro atoms. The first-order valence-electron chi connectivity index (χ1n) is 22.0. The first-order chi connectivity index (χ1) is 31.6. The van der Waals surface area contributed by atoms with Gasteiger partial charge in [-0.1, -0.05) is 42.3 Å². The Hall–Kier alpha value is -5.74. The number of amides is 1. The Morgan fingerprint density at radius 3 is 2.34 bits per heavy atom. The summed E-state index contributed by atoms with van der Waals surface area (Å²) < 4.78 is 40.6. The molecule has 1 aliphatic heterocycles.